The molecule has 4 atom stereocenters. The highest BCUT2D eigenvalue weighted by Crippen LogP contribution is 2.46. The van der Waals surface area contributed by atoms with Crippen molar-refractivity contribution in [1.29, 1.82) is 0 Å². The number of piperazine rings is 1. The van der Waals surface area contributed by atoms with Crippen LogP contribution in [0.4, 0.5) is 20.8 Å². The number of halogens is 1. The summed E-state index contributed by atoms with van der Waals surface area (Å²) in [4.78, 5) is 39.5. The van der Waals surface area contributed by atoms with E-state index < -0.39 is 17.5 Å². The summed E-state index contributed by atoms with van der Waals surface area (Å²) in [5.41, 5.74) is 2.87. The minimum atomic E-state index is -0.633. The Morgan fingerprint density at radius 2 is 1.60 bits per heavy atom. The third-order valence-corrected chi connectivity index (χ3v) is 11.4. The molecule has 298 valence electrons. The number of amides is 1. The Morgan fingerprint density at radius 3 is 2.19 bits per heavy atom. The van der Waals surface area contributed by atoms with Gasteiger partial charge in [0.25, 0.3) is 0 Å². The van der Waals surface area contributed by atoms with E-state index in [2.05, 4.69) is 9.80 Å². The summed E-state index contributed by atoms with van der Waals surface area (Å²) >= 11 is 1.35. The molecule has 2 saturated heterocycles. The molecule has 5 aromatic rings. The number of pyridine rings is 2. The molecule has 2 aromatic carbocycles. The molecule has 0 spiro atoms. The van der Waals surface area contributed by atoms with E-state index in [4.69, 9.17) is 38.9 Å². The van der Waals surface area contributed by atoms with Gasteiger partial charge in [0.1, 0.15) is 51.4 Å². The first-order valence-corrected chi connectivity index (χ1v) is 20.5. The van der Waals surface area contributed by atoms with Crippen LogP contribution in [0.15, 0.2) is 65.8 Å². The Morgan fingerprint density at radius 1 is 0.947 bits per heavy atom. The van der Waals surface area contributed by atoms with E-state index in [0.717, 1.165) is 41.0 Å². The van der Waals surface area contributed by atoms with Crippen molar-refractivity contribution in [2.24, 2.45) is 0 Å². The number of nitrogens with zero attached hydrogens (tertiary/aromatic N) is 7. The lowest BCUT2D eigenvalue weighted by atomic mass is 9.98. The van der Waals surface area contributed by atoms with Gasteiger partial charge in [0.05, 0.1) is 38.0 Å². The topological polar surface area (TPSA) is 115 Å². The Balaban J connectivity index is 1.21. The average molecular weight is 794 g/mol. The van der Waals surface area contributed by atoms with Crippen LogP contribution in [0.3, 0.4) is 0 Å². The fourth-order valence-electron chi connectivity index (χ4n) is 8.33. The van der Waals surface area contributed by atoms with Gasteiger partial charge < -0.3 is 28.7 Å². The largest absolute Gasteiger partial charge is 0.497 e. The molecular weight excluding hydrogens is 746 g/mol. The van der Waals surface area contributed by atoms with Gasteiger partial charge in [0, 0.05) is 19.6 Å². The zero-order chi connectivity index (χ0) is 40.2. The number of hydrogen-bond donors (Lipinski definition) is 0. The van der Waals surface area contributed by atoms with Crippen molar-refractivity contribution >= 4 is 40.4 Å². The second-order valence-corrected chi connectivity index (χ2v) is 16.7. The molecule has 14 heteroatoms. The highest BCUT2D eigenvalue weighted by atomic mass is 32.2. The zero-order valence-electron chi connectivity index (χ0n) is 33.6. The quantitative estimate of drug-likeness (QED) is 0.106. The molecule has 2 bridgehead atoms. The van der Waals surface area contributed by atoms with Gasteiger partial charge in [-0.15, -0.1) is 0 Å². The SMILES string of the molecule is COc1ccc(CN(Cc2ccc(OC)cc2)c2cc(C)cc(-c3nc4c5c(nc(SC)nc5c3F)N3C[C@H]5CC[C@@H]([C@H]3[C@H](C)O4)N5C(=O)OC(C)(C)C)n2)cc1. The van der Waals surface area contributed by atoms with Crippen LogP contribution in [0.2, 0.25) is 0 Å². The summed E-state index contributed by atoms with van der Waals surface area (Å²) in [7, 11) is 3.29. The number of methoxy groups -OCH3 is 2. The monoisotopic (exact) mass is 793 g/mol. The van der Waals surface area contributed by atoms with Gasteiger partial charge in [-0.1, -0.05) is 36.0 Å². The number of carbonyl (C=O) groups excluding carboxylic acids is 1. The van der Waals surface area contributed by atoms with Crippen LogP contribution < -0.4 is 24.0 Å². The summed E-state index contributed by atoms with van der Waals surface area (Å²) in [6, 6.07) is 19.1. The number of thioether (sulfide) groups is 1. The van der Waals surface area contributed by atoms with E-state index in [1.165, 1.54) is 11.8 Å². The van der Waals surface area contributed by atoms with Gasteiger partial charge >= 0.3 is 6.09 Å². The lowest BCUT2D eigenvalue weighted by Crippen LogP contribution is -2.65. The molecule has 57 heavy (non-hydrogen) atoms. The summed E-state index contributed by atoms with van der Waals surface area (Å²) in [5, 5.41) is 0.847. The molecule has 12 nitrogen and oxygen atoms in total. The predicted octanol–water partition coefficient (Wildman–Crippen LogP) is 8.22. The minimum Gasteiger partial charge on any atom is -0.497 e. The molecule has 8 rings (SSSR count). The molecule has 0 N–H and O–H groups in total. The molecule has 3 aliphatic heterocycles. The van der Waals surface area contributed by atoms with Gasteiger partial charge in [-0.05, 0) is 107 Å². The molecule has 1 amide bonds. The maximum absolute atomic E-state index is 17.3. The molecule has 0 saturated carbocycles. The lowest BCUT2D eigenvalue weighted by molar-refractivity contribution is 0.000947. The molecule has 0 radical (unpaired) electrons. The standard InChI is InChI=1S/C43H48FN7O5S/c1-24-19-31(45-33(20-24)49(21-26-9-14-29(53-6)15-10-26)22-27-11-16-30(54-7)17-12-27)36-35(44)37-34-39(48-41(47-37)57-8)50-23-28-13-18-32(38(50)25(2)55-40(34)46-36)51(28)42(52)56-43(3,4)5/h9-12,14-17,19-20,25,28,32,38H,13,18,21-23H2,1-8H3/t25-,28+,32-,38+/m0/s1. The fraction of sp³-hybridized carbons (Fsp3) is 0.419. The second-order valence-electron chi connectivity index (χ2n) is 15.9. The first kappa shape index (κ1) is 38.5. The van der Waals surface area contributed by atoms with Crippen molar-refractivity contribution < 1.29 is 28.1 Å². The van der Waals surface area contributed by atoms with Crippen LogP contribution in [0, 0.1) is 12.7 Å². The van der Waals surface area contributed by atoms with E-state index in [-0.39, 0.29) is 41.3 Å². The van der Waals surface area contributed by atoms with Crippen molar-refractivity contribution in [3.63, 3.8) is 0 Å². The Kier molecular flexibility index (Phi) is 10.3. The number of carbonyl (C=O) groups is 1. The van der Waals surface area contributed by atoms with Crippen LogP contribution in [-0.2, 0) is 17.8 Å². The zero-order valence-corrected chi connectivity index (χ0v) is 34.4. The molecule has 3 aliphatic rings. The first-order chi connectivity index (χ1) is 27.3. The highest BCUT2D eigenvalue weighted by Gasteiger charge is 2.53. The van der Waals surface area contributed by atoms with Crippen molar-refractivity contribution in [1.82, 2.24) is 24.8 Å². The van der Waals surface area contributed by atoms with E-state index in [1.54, 1.807) is 14.2 Å². The van der Waals surface area contributed by atoms with Gasteiger partial charge in [-0.25, -0.2) is 29.1 Å². The molecular formula is C43H48FN7O5S. The number of benzene rings is 2. The summed E-state index contributed by atoms with van der Waals surface area (Å²) in [6.07, 6.45) is 2.71. The Bertz CT molecular complexity index is 2260. The van der Waals surface area contributed by atoms with Crippen LogP contribution in [0.25, 0.3) is 22.3 Å². The van der Waals surface area contributed by atoms with Crippen molar-refractivity contribution in [2.75, 3.05) is 36.8 Å². The number of aromatic nitrogens is 4. The second kappa shape index (κ2) is 15.2. The van der Waals surface area contributed by atoms with E-state index in [0.29, 0.717) is 47.5 Å². The average Bonchev–Trinajstić information content (AvgIpc) is 3.44. The Labute approximate surface area is 336 Å². The first-order valence-electron chi connectivity index (χ1n) is 19.2. The molecule has 0 unspecified atom stereocenters. The lowest BCUT2D eigenvalue weighted by Gasteiger charge is -2.48. The van der Waals surface area contributed by atoms with Crippen LogP contribution in [0.1, 0.15) is 57.2 Å². The summed E-state index contributed by atoms with van der Waals surface area (Å²) < 4.78 is 40.7. The molecule has 2 fully saturated rings. The maximum atomic E-state index is 17.3. The number of hydrogen-bond acceptors (Lipinski definition) is 12. The molecule has 6 heterocycles. The smallest absolute Gasteiger partial charge is 0.410 e. The number of fused-ring (bicyclic) bond motifs is 5. The van der Waals surface area contributed by atoms with E-state index >= 15 is 4.39 Å². The van der Waals surface area contributed by atoms with Crippen molar-refractivity contribution in [2.45, 2.75) is 95.5 Å². The third kappa shape index (κ3) is 7.47. The van der Waals surface area contributed by atoms with Gasteiger partial charge in [-0.3, -0.25) is 4.90 Å². The van der Waals surface area contributed by atoms with E-state index in [9.17, 15) is 4.79 Å². The maximum Gasteiger partial charge on any atom is 0.410 e. The normalized spacial score (nSPS) is 19.8. The van der Waals surface area contributed by atoms with Gasteiger partial charge in [0.2, 0.25) is 5.88 Å². The summed E-state index contributed by atoms with van der Waals surface area (Å²) in [6.45, 7) is 11.1. The fourth-order valence-corrected chi connectivity index (χ4v) is 8.69. The van der Waals surface area contributed by atoms with E-state index in [1.807, 2.05) is 106 Å². The predicted molar refractivity (Wildman–Crippen MR) is 219 cm³/mol. The highest BCUT2D eigenvalue weighted by molar-refractivity contribution is 7.98. The van der Waals surface area contributed by atoms with Crippen molar-refractivity contribution in [3.8, 4) is 28.8 Å². The van der Waals surface area contributed by atoms with Crippen molar-refractivity contribution in [3.05, 3.63) is 83.2 Å². The number of aryl methyl sites for hydroxylation is 1. The minimum absolute atomic E-state index is 0.0389. The van der Waals surface area contributed by atoms with Gasteiger partial charge in [-0.2, -0.15) is 0 Å². The van der Waals surface area contributed by atoms with Crippen LogP contribution >= 0.6 is 11.8 Å². The Hall–Kier alpha value is -5.37. The molecule has 0 aliphatic carbocycles. The van der Waals surface area contributed by atoms with Gasteiger partial charge in [0.15, 0.2) is 11.0 Å². The van der Waals surface area contributed by atoms with Crippen LogP contribution in [0.5, 0.6) is 17.4 Å². The van der Waals surface area contributed by atoms with Crippen LogP contribution in [-0.4, -0.2) is 87.8 Å². The molecule has 3 aromatic heterocycles. The number of rotatable bonds is 9. The summed E-state index contributed by atoms with van der Waals surface area (Å²) in [5.74, 6) is 2.40. The number of anilines is 2. The number of ether oxygens (including phenoxy) is 4. The third-order valence-electron chi connectivity index (χ3n) is 10.8.